The summed E-state index contributed by atoms with van der Waals surface area (Å²) < 4.78 is 0. The second-order valence-corrected chi connectivity index (χ2v) is 3.92. The van der Waals surface area contributed by atoms with Gasteiger partial charge in [0.25, 0.3) is 0 Å². The molecule has 3 atom stereocenters. The van der Waals surface area contributed by atoms with Crippen molar-refractivity contribution in [2.24, 2.45) is 11.7 Å². The van der Waals surface area contributed by atoms with E-state index in [2.05, 4.69) is 5.32 Å². The van der Waals surface area contributed by atoms with Crippen molar-refractivity contribution >= 4 is 18.0 Å². The number of carbonyl (C=O) groups excluding carboxylic acids is 3. The summed E-state index contributed by atoms with van der Waals surface area (Å²) >= 11 is 0. The summed E-state index contributed by atoms with van der Waals surface area (Å²) in [6.07, 6.45) is 0.618. The van der Waals surface area contributed by atoms with E-state index in [1.807, 2.05) is 0 Å². The number of nitrogens with two attached hydrogens (primary N) is 1. The summed E-state index contributed by atoms with van der Waals surface area (Å²) in [5, 5.41) is 12.0. The molecule has 4 N–H and O–H groups in total. The van der Waals surface area contributed by atoms with Crippen LogP contribution in [-0.2, 0) is 14.4 Å². The summed E-state index contributed by atoms with van der Waals surface area (Å²) in [7, 11) is 0. The third kappa shape index (κ3) is 3.39. The number of aliphatic hydroxyl groups is 1. The molecule has 1 radical (unpaired) electrons. The number of rotatable bonds is 3. The maximum atomic E-state index is 11.7. The van der Waals surface area contributed by atoms with Gasteiger partial charge in [0.1, 0.15) is 6.10 Å². The average molecular weight is 227 g/mol. The average Bonchev–Trinajstić information content (AvgIpc) is 2.25. The highest BCUT2D eigenvalue weighted by Crippen LogP contribution is 2.16. The molecule has 0 aliphatic carbocycles. The second kappa shape index (κ2) is 5.72. The highest BCUT2D eigenvalue weighted by molar-refractivity contribution is 5.91. The molecule has 89 valence electrons. The summed E-state index contributed by atoms with van der Waals surface area (Å²) in [6, 6.07) is -0.823. The fourth-order valence-corrected chi connectivity index (χ4v) is 1.74. The van der Waals surface area contributed by atoms with Crippen molar-refractivity contribution in [2.75, 3.05) is 6.54 Å². The van der Waals surface area contributed by atoms with Crippen LogP contribution in [0.15, 0.2) is 0 Å². The van der Waals surface area contributed by atoms with Crippen molar-refractivity contribution in [1.82, 2.24) is 5.32 Å². The highest BCUT2D eigenvalue weighted by atomic mass is 16.3. The van der Waals surface area contributed by atoms with Gasteiger partial charge in [-0.05, 0) is 12.8 Å². The molecule has 1 amide bonds. The minimum atomic E-state index is -1.30. The molecule has 0 bridgehead atoms. The van der Waals surface area contributed by atoms with Crippen molar-refractivity contribution in [3.05, 3.63) is 0 Å². The van der Waals surface area contributed by atoms with E-state index in [-0.39, 0.29) is 18.7 Å². The summed E-state index contributed by atoms with van der Waals surface area (Å²) in [5.74, 6) is -1.25. The Hall–Kier alpha value is -1.27. The molecular weight excluding hydrogens is 212 g/mol. The van der Waals surface area contributed by atoms with Crippen LogP contribution in [0.4, 0.5) is 0 Å². The summed E-state index contributed by atoms with van der Waals surface area (Å²) in [4.78, 5) is 33.0. The molecule has 2 unspecified atom stereocenters. The predicted octanol–water partition coefficient (Wildman–Crippen LogP) is -1.73. The molecule has 6 heteroatoms. The van der Waals surface area contributed by atoms with E-state index in [9.17, 15) is 19.5 Å². The van der Waals surface area contributed by atoms with Crippen LogP contribution in [0.2, 0.25) is 0 Å². The van der Waals surface area contributed by atoms with Crippen molar-refractivity contribution in [3.63, 3.8) is 0 Å². The third-order valence-electron chi connectivity index (χ3n) is 2.61. The van der Waals surface area contributed by atoms with Crippen LogP contribution >= 0.6 is 0 Å². The molecule has 1 aliphatic heterocycles. The Morgan fingerprint density at radius 1 is 1.56 bits per heavy atom. The van der Waals surface area contributed by atoms with Gasteiger partial charge in [-0.2, -0.15) is 0 Å². The zero-order valence-electron chi connectivity index (χ0n) is 8.81. The minimum absolute atomic E-state index is 0.162. The number of hydrogen-bond acceptors (Lipinski definition) is 5. The number of hydrogen-bond donors (Lipinski definition) is 3. The van der Waals surface area contributed by atoms with Gasteiger partial charge in [0.15, 0.2) is 5.78 Å². The molecule has 1 fully saturated rings. The van der Waals surface area contributed by atoms with E-state index in [1.54, 1.807) is 6.29 Å². The molecule has 0 aromatic carbocycles. The first kappa shape index (κ1) is 12.8. The van der Waals surface area contributed by atoms with Crippen LogP contribution < -0.4 is 11.1 Å². The maximum Gasteiger partial charge on any atom is 0.223 e. The van der Waals surface area contributed by atoms with Crippen molar-refractivity contribution in [3.8, 4) is 0 Å². The van der Waals surface area contributed by atoms with Crippen LogP contribution in [0, 0.1) is 5.92 Å². The Bertz CT molecular complexity index is 293. The molecule has 16 heavy (non-hydrogen) atoms. The first-order valence-electron chi connectivity index (χ1n) is 5.16. The molecule has 0 aromatic rings. The Morgan fingerprint density at radius 3 is 2.88 bits per heavy atom. The van der Waals surface area contributed by atoms with Crippen LogP contribution in [0.3, 0.4) is 0 Å². The number of Topliss-reactive ketones (excluding diaryl/α,β-unsaturated/α-hetero) is 1. The molecule has 1 rings (SSSR count). The minimum Gasteiger partial charge on any atom is -0.385 e. The Morgan fingerprint density at radius 2 is 2.25 bits per heavy atom. The smallest absolute Gasteiger partial charge is 0.223 e. The lowest BCUT2D eigenvalue weighted by atomic mass is 9.88. The first-order chi connectivity index (χ1) is 7.54. The third-order valence-corrected chi connectivity index (χ3v) is 2.61. The van der Waals surface area contributed by atoms with Crippen molar-refractivity contribution in [2.45, 2.75) is 31.4 Å². The number of nitrogens with one attached hydrogen (secondary N) is 1. The van der Waals surface area contributed by atoms with E-state index in [1.165, 1.54) is 0 Å². The standard InChI is InChI=1S/C10H15N2O4/c11-7(5-13)3-6-1-2-12-9(15)4-8(14)10(6)16/h6-8,14H,1-4,11H2,(H,12,15)/t6?,7-,8?/m0/s1. The molecule has 1 aliphatic rings. The van der Waals surface area contributed by atoms with E-state index < -0.39 is 23.8 Å². The Labute approximate surface area is 93.2 Å². The van der Waals surface area contributed by atoms with E-state index in [4.69, 9.17) is 5.73 Å². The van der Waals surface area contributed by atoms with Gasteiger partial charge in [0, 0.05) is 12.5 Å². The number of aliphatic hydroxyl groups excluding tert-OH is 1. The SMILES string of the molecule is N[C@H]([C]=O)CC1CCNC(=O)CC(O)C1=O. The number of amides is 1. The normalized spacial score (nSPS) is 28.9. The summed E-state index contributed by atoms with van der Waals surface area (Å²) in [5.41, 5.74) is 5.38. The van der Waals surface area contributed by atoms with Crippen LogP contribution in [-0.4, -0.2) is 41.8 Å². The van der Waals surface area contributed by atoms with E-state index in [0.29, 0.717) is 13.0 Å². The highest BCUT2D eigenvalue weighted by Gasteiger charge is 2.30. The molecule has 0 aromatic heterocycles. The number of ketones is 1. The molecule has 6 nitrogen and oxygen atoms in total. The monoisotopic (exact) mass is 227 g/mol. The summed E-state index contributed by atoms with van der Waals surface area (Å²) in [6.45, 7) is 0.355. The maximum absolute atomic E-state index is 11.7. The lowest BCUT2D eigenvalue weighted by Gasteiger charge is -2.23. The fraction of sp³-hybridized carbons (Fsp3) is 0.700. The van der Waals surface area contributed by atoms with Gasteiger partial charge < -0.3 is 16.2 Å². The van der Waals surface area contributed by atoms with Crippen molar-refractivity contribution in [1.29, 1.82) is 0 Å². The number of carbonyl (C=O) groups is 2. The fourth-order valence-electron chi connectivity index (χ4n) is 1.74. The molecule has 1 heterocycles. The Kier molecular flexibility index (Phi) is 4.57. The van der Waals surface area contributed by atoms with E-state index >= 15 is 0 Å². The zero-order valence-corrected chi connectivity index (χ0v) is 8.81. The largest absolute Gasteiger partial charge is 0.385 e. The second-order valence-electron chi connectivity index (χ2n) is 3.92. The first-order valence-corrected chi connectivity index (χ1v) is 5.16. The van der Waals surface area contributed by atoms with Crippen LogP contribution in [0.25, 0.3) is 0 Å². The van der Waals surface area contributed by atoms with Gasteiger partial charge in [-0.1, -0.05) is 0 Å². The van der Waals surface area contributed by atoms with Gasteiger partial charge in [-0.15, -0.1) is 0 Å². The van der Waals surface area contributed by atoms with Gasteiger partial charge in [0.05, 0.1) is 12.5 Å². The zero-order chi connectivity index (χ0) is 12.1. The van der Waals surface area contributed by atoms with Gasteiger partial charge in [0.2, 0.25) is 12.2 Å². The molecule has 0 saturated carbocycles. The predicted molar refractivity (Wildman–Crippen MR) is 55.0 cm³/mol. The van der Waals surface area contributed by atoms with Crippen LogP contribution in [0.1, 0.15) is 19.3 Å². The Balaban J connectivity index is 2.65. The van der Waals surface area contributed by atoms with E-state index in [0.717, 1.165) is 0 Å². The van der Waals surface area contributed by atoms with Crippen molar-refractivity contribution < 1.29 is 19.5 Å². The lowest BCUT2D eigenvalue weighted by molar-refractivity contribution is -0.137. The van der Waals surface area contributed by atoms with Gasteiger partial charge in [-0.25, -0.2) is 0 Å². The van der Waals surface area contributed by atoms with Crippen LogP contribution in [0.5, 0.6) is 0 Å². The van der Waals surface area contributed by atoms with Gasteiger partial charge >= 0.3 is 0 Å². The topological polar surface area (TPSA) is 109 Å². The molecule has 1 saturated heterocycles. The quantitative estimate of drug-likeness (QED) is 0.530. The van der Waals surface area contributed by atoms with Gasteiger partial charge in [-0.3, -0.25) is 14.4 Å². The molecule has 0 spiro atoms. The molecular formula is C10H15N2O4. The lowest BCUT2D eigenvalue weighted by Crippen LogP contribution is -2.41.